The van der Waals surface area contributed by atoms with E-state index in [1.807, 2.05) is 38.1 Å². The van der Waals surface area contributed by atoms with Crippen LogP contribution >= 0.6 is 0 Å². The Kier molecular flexibility index (Phi) is 5.84. The number of nitrogens with zero attached hydrogens (tertiary/aromatic N) is 2. The van der Waals surface area contributed by atoms with E-state index in [-0.39, 0.29) is 24.5 Å². The topological polar surface area (TPSA) is 88.1 Å². The zero-order valence-electron chi connectivity index (χ0n) is 15.8. The zero-order valence-corrected chi connectivity index (χ0v) is 15.8. The number of rotatable bonds is 5. The van der Waals surface area contributed by atoms with Gasteiger partial charge in [-0.15, -0.1) is 0 Å². The zero-order chi connectivity index (χ0) is 20.1. The number of benzene rings is 2. The van der Waals surface area contributed by atoms with Crippen molar-refractivity contribution in [2.45, 2.75) is 26.7 Å². The average molecular weight is 379 g/mol. The number of esters is 1. The molecule has 0 unspecified atom stereocenters. The molecule has 144 valence electrons. The molecule has 0 spiro atoms. The van der Waals surface area contributed by atoms with Gasteiger partial charge in [-0.3, -0.25) is 9.59 Å². The molecule has 1 aliphatic rings. The number of nitrogens with one attached hydrogen (secondary N) is 1. The van der Waals surface area contributed by atoms with Crippen molar-refractivity contribution in [2.24, 2.45) is 5.10 Å². The average Bonchev–Trinajstić information content (AvgIpc) is 2.70. The van der Waals surface area contributed by atoms with E-state index < -0.39 is 18.5 Å². The van der Waals surface area contributed by atoms with Crippen LogP contribution in [0.1, 0.15) is 24.0 Å². The molecule has 1 N–H and O–H groups in total. The van der Waals surface area contributed by atoms with Gasteiger partial charge in [-0.1, -0.05) is 36.4 Å². The van der Waals surface area contributed by atoms with Crippen LogP contribution < -0.4 is 10.3 Å². The van der Waals surface area contributed by atoms with Crippen molar-refractivity contribution in [2.75, 3.05) is 16.9 Å². The Morgan fingerprint density at radius 3 is 2.39 bits per heavy atom. The molecule has 0 saturated carbocycles. The summed E-state index contributed by atoms with van der Waals surface area (Å²) in [5.74, 6) is -1.33. The molecule has 0 radical (unpaired) electrons. The second-order valence-corrected chi connectivity index (χ2v) is 6.48. The van der Waals surface area contributed by atoms with Gasteiger partial charge >= 0.3 is 5.97 Å². The van der Waals surface area contributed by atoms with Crippen LogP contribution in [0.5, 0.6) is 0 Å². The van der Waals surface area contributed by atoms with Crippen LogP contribution in [-0.4, -0.2) is 30.1 Å². The number of carbonyl (C=O) groups excluding carboxylic acids is 3. The highest BCUT2D eigenvalue weighted by Gasteiger charge is 2.26. The maximum absolute atomic E-state index is 12.3. The molecular weight excluding hydrogens is 358 g/mol. The number of para-hydroxylation sites is 2. The monoisotopic (exact) mass is 379 g/mol. The first kappa shape index (κ1) is 19.3. The van der Waals surface area contributed by atoms with E-state index in [1.54, 1.807) is 24.3 Å². The third kappa shape index (κ3) is 4.43. The van der Waals surface area contributed by atoms with Gasteiger partial charge in [0, 0.05) is 18.5 Å². The minimum absolute atomic E-state index is 0.114. The highest BCUT2D eigenvalue weighted by molar-refractivity contribution is 6.38. The molecule has 7 nitrogen and oxygen atoms in total. The number of hydrogen-bond acceptors (Lipinski definition) is 5. The Morgan fingerprint density at radius 1 is 1.04 bits per heavy atom. The summed E-state index contributed by atoms with van der Waals surface area (Å²) in [4.78, 5) is 36.5. The number of hydrazone groups is 1. The van der Waals surface area contributed by atoms with Crippen molar-refractivity contribution in [1.29, 1.82) is 0 Å². The van der Waals surface area contributed by atoms with E-state index in [0.29, 0.717) is 11.4 Å². The Hall–Kier alpha value is -3.48. The van der Waals surface area contributed by atoms with Crippen LogP contribution in [0.2, 0.25) is 0 Å². The van der Waals surface area contributed by atoms with Gasteiger partial charge in [-0.2, -0.15) is 5.10 Å². The third-order valence-electron chi connectivity index (χ3n) is 4.35. The quantitative estimate of drug-likeness (QED) is 0.809. The Balaban J connectivity index is 1.63. The minimum Gasteiger partial charge on any atom is -0.451 e. The summed E-state index contributed by atoms with van der Waals surface area (Å²) in [5.41, 5.74) is 3.25. The normalized spacial score (nSPS) is 13.7. The fourth-order valence-corrected chi connectivity index (χ4v) is 2.87. The number of aryl methyl sites for hydroxylation is 2. The van der Waals surface area contributed by atoms with Crippen LogP contribution in [0.25, 0.3) is 0 Å². The molecule has 2 aromatic carbocycles. The molecule has 0 bridgehead atoms. The molecule has 1 aliphatic heterocycles. The Labute approximate surface area is 163 Å². The maximum atomic E-state index is 12.3. The summed E-state index contributed by atoms with van der Waals surface area (Å²) in [6.07, 6.45) is 0.330. The predicted octanol–water partition coefficient (Wildman–Crippen LogP) is 2.97. The lowest BCUT2D eigenvalue weighted by Crippen LogP contribution is -2.35. The molecule has 3 rings (SSSR count). The first-order chi connectivity index (χ1) is 13.5. The first-order valence-electron chi connectivity index (χ1n) is 8.94. The molecule has 7 heteroatoms. The van der Waals surface area contributed by atoms with E-state index in [0.717, 1.165) is 11.1 Å². The van der Waals surface area contributed by atoms with Gasteiger partial charge in [0.15, 0.2) is 6.61 Å². The molecule has 0 saturated heterocycles. The smallest absolute Gasteiger partial charge is 0.355 e. The van der Waals surface area contributed by atoms with Crippen molar-refractivity contribution >= 4 is 34.9 Å². The number of ether oxygens (including phenoxy) is 1. The summed E-state index contributed by atoms with van der Waals surface area (Å²) in [6, 6.07) is 14.5. The van der Waals surface area contributed by atoms with E-state index in [9.17, 15) is 14.4 Å². The number of amides is 2. The molecule has 2 amide bonds. The summed E-state index contributed by atoms with van der Waals surface area (Å²) >= 11 is 0. The largest absolute Gasteiger partial charge is 0.451 e. The third-order valence-corrected chi connectivity index (χ3v) is 4.35. The van der Waals surface area contributed by atoms with Crippen molar-refractivity contribution in [3.63, 3.8) is 0 Å². The first-order valence-corrected chi connectivity index (χ1v) is 8.94. The molecule has 0 atom stereocenters. The number of carbonyl (C=O) groups is 3. The summed E-state index contributed by atoms with van der Waals surface area (Å²) in [5, 5.41) is 8.07. The van der Waals surface area contributed by atoms with Crippen LogP contribution in [0.4, 0.5) is 11.4 Å². The highest BCUT2D eigenvalue weighted by atomic mass is 16.5. The summed E-state index contributed by atoms with van der Waals surface area (Å²) in [7, 11) is 0. The van der Waals surface area contributed by atoms with E-state index in [1.165, 1.54) is 5.01 Å². The molecule has 0 aliphatic carbocycles. The van der Waals surface area contributed by atoms with Crippen molar-refractivity contribution < 1.29 is 19.1 Å². The van der Waals surface area contributed by atoms with Gasteiger partial charge in [-0.25, -0.2) is 9.80 Å². The van der Waals surface area contributed by atoms with Crippen LogP contribution in [0.3, 0.4) is 0 Å². The van der Waals surface area contributed by atoms with E-state index in [4.69, 9.17) is 4.74 Å². The van der Waals surface area contributed by atoms with Crippen LogP contribution in [0.15, 0.2) is 53.6 Å². The lowest BCUT2D eigenvalue weighted by atomic mass is 10.1. The number of hydrogen-bond donors (Lipinski definition) is 1. The molecule has 0 aromatic heterocycles. The van der Waals surface area contributed by atoms with Crippen molar-refractivity contribution in [3.05, 3.63) is 59.7 Å². The lowest BCUT2D eigenvalue weighted by Gasteiger charge is -2.22. The summed E-state index contributed by atoms with van der Waals surface area (Å²) in [6.45, 7) is 3.35. The van der Waals surface area contributed by atoms with Gasteiger partial charge < -0.3 is 10.1 Å². The lowest BCUT2D eigenvalue weighted by molar-refractivity contribution is -0.140. The molecule has 1 heterocycles. The van der Waals surface area contributed by atoms with Gasteiger partial charge in [0.2, 0.25) is 5.91 Å². The van der Waals surface area contributed by atoms with Gasteiger partial charge in [0.25, 0.3) is 5.91 Å². The van der Waals surface area contributed by atoms with E-state index >= 15 is 0 Å². The van der Waals surface area contributed by atoms with Crippen molar-refractivity contribution in [1.82, 2.24) is 0 Å². The van der Waals surface area contributed by atoms with E-state index in [2.05, 4.69) is 10.4 Å². The SMILES string of the molecule is Cc1cccc(C)c1NC(=O)COC(=O)C1=NN(c2ccccc2)C(=O)CC1. The fraction of sp³-hybridized carbons (Fsp3) is 0.238. The molecular formula is C21H21N3O4. The Morgan fingerprint density at radius 2 is 1.71 bits per heavy atom. The molecule has 28 heavy (non-hydrogen) atoms. The van der Waals surface area contributed by atoms with Gasteiger partial charge in [0.05, 0.1) is 5.69 Å². The van der Waals surface area contributed by atoms with Crippen molar-refractivity contribution in [3.8, 4) is 0 Å². The molecule has 0 fully saturated rings. The second-order valence-electron chi connectivity index (χ2n) is 6.48. The predicted molar refractivity (Wildman–Crippen MR) is 106 cm³/mol. The Bertz CT molecular complexity index is 918. The van der Waals surface area contributed by atoms with Gasteiger partial charge in [-0.05, 0) is 37.1 Å². The number of anilines is 2. The highest BCUT2D eigenvalue weighted by Crippen LogP contribution is 2.21. The summed E-state index contributed by atoms with van der Waals surface area (Å²) < 4.78 is 5.09. The second kappa shape index (κ2) is 8.47. The fourth-order valence-electron chi connectivity index (χ4n) is 2.87. The maximum Gasteiger partial charge on any atom is 0.355 e. The standard InChI is InChI=1S/C21H21N3O4/c1-14-7-6-8-15(2)20(14)22-18(25)13-28-21(27)17-11-12-19(26)24(23-17)16-9-4-3-5-10-16/h3-10H,11-13H2,1-2H3,(H,22,25). The minimum atomic E-state index is -0.704. The van der Waals surface area contributed by atoms with Crippen LogP contribution in [0, 0.1) is 13.8 Å². The molecule has 2 aromatic rings. The van der Waals surface area contributed by atoms with Crippen LogP contribution in [-0.2, 0) is 19.1 Å². The van der Waals surface area contributed by atoms with Gasteiger partial charge in [0.1, 0.15) is 5.71 Å².